The zero-order valence-corrected chi connectivity index (χ0v) is 13.1. The van der Waals surface area contributed by atoms with Crippen LogP contribution in [-0.2, 0) is 11.8 Å². The standard InChI is InChI=1S/C16H26N4O/c1-3-13-6-4-5-7-20(13)16(21)15-10-17-9-14(15)12-8-18-19(2)11-12/h8,11,13-15,17H,3-7,9-10H2,1-2H3/t13?,14-,15+/m1/s1. The molecule has 116 valence electrons. The van der Waals surface area contributed by atoms with Crippen molar-refractivity contribution in [2.45, 2.75) is 44.6 Å². The highest BCUT2D eigenvalue weighted by molar-refractivity contribution is 5.81. The summed E-state index contributed by atoms with van der Waals surface area (Å²) >= 11 is 0. The Morgan fingerprint density at radius 3 is 3.00 bits per heavy atom. The highest BCUT2D eigenvalue weighted by atomic mass is 16.2. The van der Waals surface area contributed by atoms with Gasteiger partial charge in [0.2, 0.25) is 5.91 Å². The number of likely N-dealkylation sites (tertiary alicyclic amines) is 1. The topological polar surface area (TPSA) is 50.2 Å². The number of carbonyl (C=O) groups excluding carboxylic acids is 1. The minimum Gasteiger partial charge on any atom is -0.339 e. The van der Waals surface area contributed by atoms with E-state index in [9.17, 15) is 4.79 Å². The third kappa shape index (κ3) is 2.84. The van der Waals surface area contributed by atoms with Gasteiger partial charge in [0.05, 0.1) is 12.1 Å². The van der Waals surface area contributed by atoms with Crippen molar-refractivity contribution in [2.75, 3.05) is 19.6 Å². The third-order valence-electron chi connectivity index (χ3n) is 5.07. The van der Waals surface area contributed by atoms with Crippen LogP contribution in [0.25, 0.3) is 0 Å². The zero-order valence-electron chi connectivity index (χ0n) is 13.1. The first-order valence-electron chi connectivity index (χ1n) is 8.20. The normalized spacial score (nSPS) is 29.8. The van der Waals surface area contributed by atoms with Gasteiger partial charge in [-0.25, -0.2) is 0 Å². The molecule has 0 spiro atoms. The Labute approximate surface area is 126 Å². The first-order chi connectivity index (χ1) is 10.2. The molecule has 21 heavy (non-hydrogen) atoms. The molecule has 5 heteroatoms. The Hall–Kier alpha value is -1.36. The van der Waals surface area contributed by atoms with Crippen LogP contribution < -0.4 is 5.32 Å². The summed E-state index contributed by atoms with van der Waals surface area (Å²) in [5, 5.41) is 7.66. The van der Waals surface area contributed by atoms with Gasteiger partial charge in [0.15, 0.2) is 0 Å². The molecule has 0 aliphatic carbocycles. The SMILES string of the molecule is CCC1CCCCN1C(=O)[C@H]1CNC[C@@H]1c1cnn(C)c1. The van der Waals surface area contributed by atoms with Crippen molar-refractivity contribution < 1.29 is 4.79 Å². The highest BCUT2D eigenvalue weighted by Gasteiger charge is 2.39. The van der Waals surface area contributed by atoms with Crippen LogP contribution >= 0.6 is 0 Å². The molecule has 0 bridgehead atoms. The van der Waals surface area contributed by atoms with Gasteiger partial charge < -0.3 is 10.2 Å². The quantitative estimate of drug-likeness (QED) is 0.918. The zero-order chi connectivity index (χ0) is 14.8. The second kappa shape index (κ2) is 6.18. The van der Waals surface area contributed by atoms with Crippen LogP contribution in [0.1, 0.15) is 44.1 Å². The predicted octanol–water partition coefficient (Wildman–Crippen LogP) is 1.51. The van der Waals surface area contributed by atoms with E-state index in [1.165, 1.54) is 18.4 Å². The molecule has 2 aliphatic heterocycles. The molecule has 0 aromatic carbocycles. The van der Waals surface area contributed by atoms with Gasteiger partial charge in [0, 0.05) is 44.8 Å². The van der Waals surface area contributed by atoms with Gasteiger partial charge in [-0.05, 0) is 31.2 Å². The van der Waals surface area contributed by atoms with Crippen molar-refractivity contribution in [1.82, 2.24) is 20.0 Å². The number of carbonyl (C=O) groups is 1. The number of rotatable bonds is 3. The summed E-state index contributed by atoms with van der Waals surface area (Å²) in [5.74, 6) is 0.687. The maximum atomic E-state index is 13.0. The molecule has 1 amide bonds. The largest absolute Gasteiger partial charge is 0.339 e. The van der Waals surface area contributed by atoms with Gasteiger partial charge in [-0.15, -0.1) is 0 Å². The Balaban J connectivity index is 1.76. The summed E-state index contributed by atoms with van der Waals surface area (Å²) in [4.78, 5) is 15.2. The lowest BCUT2D eigenvalue weighted by Gasteiger charge is -2.37. The third-order valence-corrected chi connectivity index (χ3v) is 5.07. The average Bonchev–Trinajstić information content (AvgIpc) is 3.14. The van der Waals surface area contributed by atoms with Crippen LogP contribution in [0, 0.1) is 5.92 Å². The summed E-state index contributed by atoms with van der Waals surface area (Å²) in [5.41, 5.74) is 1.19. The molecule has 3 heterocycles. The van der Waals surface area contributed by atoms with Crippen molar-refractivity contribution >= 4 is 5.91 Å². The van der Waals surface area contributed by atoms with Crippen LogP contribution in [-0.4, -0.2) is 46.3 Å². The first kappa shape index (κ1) is 14.6. The van der Waals surface area contributed by atoms with E-state index in [1.807, 2.05) is 24.1 Å². The van der Waals surface area contributed by atoms with E-state index < -0.39 is 0 Å². The smallest absolute Gasteiger partial charge is 0.227 e. The molecule has 3 rings (SSSR count). The molecular formula is C16H26N4O. The lowest BCUT2D eigenvalue weighted by Crippen LogP contribution is -2.47. The molecule has 1 aromatic heterocycles. The summed E-state index contributed by atoms with van der Waals surface area (Å²) < 4.78 is 1.82. The number of nitrogens with zero attached hydrogens (tertiary/aromatic N) is 3. The molecule has 0 radical (unpaired) electrons. The van der Waals surface area contributed by atoms with E-state index in [4.69, 9.17) is 0 Å². The van der Waals surface area contributed by atoms with E-state index in [0.29, 0.717) is 11.9 Å². The fourth-order valence-corrected chi connectivity index (χ4v) is 3.85. The fraction of sp³-hybridized carbons (Fsp3) is 0.750. The van der Waals surface area contributed by atoms with Gasteiger partial charge in [0.1, 0.15) is 0 Å². The Morgan fingerprint density at radius 2 is 2.29 bits per heavy atom. The molecule has 1 unspecified atom stereocenters. The molecule has 0 saturated carbocycles. The number of hydrogen-bond acceptors (Lipinski definition) is 3. The van der Waals surface area contributed by atoms with E-state index in [1.54, 1.807) is 0 Å². The van der Waals surface area contributed by atoms with Crippen molar-refractivity contribution in [2.24, 2.45) is 13.0 Å². The summed E-state index contributed by atoms with van der Waals surface area (Å²) in [6.45, 7) is 4.81. The van der Waals surface area contributed by atoms with Crippen LogP contribution in [0.15, 0.2) is 12.4 Å². The lowest BCUT2D eigenvalue weighted by atomic mass is 9.88. The molecule has 2 fully saturated rings. The number of amides is 1. The molecule has 2 saturated heterocycles. The first-order valence-corrected chi connectivity index (χ1v) is 8.20. The maximum absolute atomic E-state index is 13.0. The maximum Gasteiger partial charge on any atom is 0.227 e. The number of piperidine rings is 1. The van der Waals surface area contributed by atoms with Gasteiger partial charge >= 0.3 is 0 Å². The van der Waals surface area contributed by atoms with Gasteiger partial charge in [-0.3, -0.25) is 9.48 Å². The van der Waals surface area contributed by atoms with Crippen molar-refractivity contribution in [3.63, 3.8) is 0 Å². The van der Waals surface area contributed by atoms with Crippen LogP contribution in [0.3, 0.4) is 0 Å². The van der Waals surface area contributed by atoms with Gasteiger partial charge in [0.25, 0.3) is 0 Å². The second-order valence-electron chi connectivity index (χ2n) is 6.41. The monoisotopic (exact) mass is 290 g/mol. The summed E-state index contributed by atoms with van der Waals surface area (Å²) in [6.07, 6.45) is 8.61. The van der Waals surface area contributed by atoms with Gasteiger partial charge in [-0.1, -0.05) is 6.92 Å². The van der Waals surface area contributed by atoms with Crippen molar-refractivity contribution in [3.8, 4) is 0 Å². The Kier molecular flexibility index (Phi) is 4.29. The molecule has 1 N–H and O–H groups in total. The molecule has 2 aliphatic rings. The second-order valence-corrected chi connectivity index (χ2v) is 6.41. The van der Waals surface area contributed by atoms with Crippen molar-refractivity contribution in [3.05, 3.63) is 18.0 Å². The summed E-state index contributed by atoms with van der Waals surface area (Å²) in [6, 6.07) is 0.446. The van der Waals surface area contributed by atoms with E-state index in [-0.39, 0.29) is 11.8 Å². The predicted molar refractivity (Wildman–Crippen MR) is 82.0 cm³/mol. The lowest BCUT2D eigenvalue weighted by molar-refractivity contribution is -0.139. The molecule has 1 aromatic rings. The van der Waals surface area contributed by atoms with Crippen LogP contribution in [0.4, 0.5) is 0 Å². The minimum atomic E-state index is 0.0707. The molecule has 5 nitrogen and oxygen atoms in total. The Morgan fingerprint density at radius 1 is 1.43 bits per heavy atom. The number of aromatic nitrogens is 2. The minimum absolute atomic E-state index is 0.0707. The van der Waals surface area contributed by atoms with Crippen LogP contribution in [0.5, 0.6) is 0 Å². The summed E-state index contributed by atoms with van der Waals surface area (Å²) in [7, 11) is 1.93. The van der Waals surface area contributed by atoms with Crippen molar-refractivity contribution in [1.29, 1.82) is 0 Å². The van der Waals surface area contributed by atoms with E-state index in [0.717, 1.165) is 32.5 Å². The molecular weight excluding hydrogens is 264 g/mol. The number of nitrogens with one attached hydrogen (secondary N) is 1. The number of hydrogen-bond donors (Lipinski definition) is 1. The highest BCUT2D eigenvalue weighted by Crippen LogP contribution is 2.31. The average molecular weight is 290 g/mol. The van der Waals surface area contributed by atoms with Gasteiger partial charge in [-0.2, -0.15) is 5.10 Å². The van der Waals surface area contributed by atoms with E-state index in [2.05, 4.69) is 22.2 Å². The Bertz CT molecular complexity index is 498. The fourth-order valence-electron chi connectivity index (χ4n) is 3.85. The number of aryl methyl sites for hydroxylation is 1. The van der Waals surface area contributed by atoms with Crippen LogP contribution in [0.2, 0.25) is 0 Å². The van der Waals surface area contributed by atoms with E-state index >= 15 is 0 Å². The molecule has 3 atom stereocenters.